The van der Waals surface area contributed by atoms with E-state index in [9.17, 15) is 9.59 Å². The summed E-state index contributed by atoms with van der Waals surface area (Å²) in [4.78, 5) is 27.2. The normalized spacial score (nSPS) is 14.4. The SMILES string of the molecule is CNC(=O)Cn1c(C2CC2)nc2cc(C(=O)O)ccc21. The Balaban J connectivity index is 2.12. The number of carboxylic acids is 1. The molecule has 3 rings (SSSR count). The topological polar surface area (TPSA) is 84.2 Å². The number of carboxylic acid groups (broad SMARTS) is 1. The maximum atomic E-state index is 11.6. The molecule has 6 heteroatoms. The Bertz CT molecular complexity index is 701. The zero-order valence-electron chi connectivity index (χ0n) is 11.1. The number of aromatic carboxylic acids is 1. The molecule has 2 N–H and O–H groups in total. The third kappa shape index (κ3) is 2.13. The van der Waals surface area contributed by atoms with E-state index >= 15 is 0 Å². The van der Waals surface area contributed by atoms with Crippen LogP contribution in [-0.2, 0) is 11.3 Å². The first kappa shape index (κ1) is 12.7. The van der Waals surface area contributed by atoms with Crippen LogP contribution < -0.4 is 5.32 Å². The van der Waals surface area contributed by atoms with Gasteiger partial charge in [0.1, 0.15) is 12.4 Å². The number of benzene rings is 1. The van der Waals surface area contributed by atoms with Crippen molar-refractivity contribution in [1.82, 2.24) is 14.9 Å². The molecule has 20 heavy (non-hydrogen) atoms. The summed E-state index contributed by atoms with van der Waals surface area (Å²) in [7, 11) is 1.60. The van der Waals surface area contributed by atoms with Crippen molar-refractivity contribution in [2.24, 2.45) is 0 Å². The van der Waals surface area contributed by atoms with Gasteiger partial charge in [-0.2, -0.15) is 0 Å². The minimum absolute atomic E-state index is 0.0893. The number of carbonyl (C=O) groups is 2. The number of rotatable bonds is 4. The lowest BCUT2D eigenvalue weighted by Crippen LogP contribution is -2.24. The quantitative estimate of drug-likeness (QED) is 0.881. The number of imidazole rings is 1. The molecule has 1 saturated carbocycles. The van der Waals surface area contributed by atoms with Crippen LogP contribution in [0.15, 0.2) is 18.2 Å². The predicted molar refractivity (Wildman–Crippen MR) is 72.7 cm³/mol. The van der Waals surface area contributed by atoms with Crippen LogP contribution in [0.25, 0.3) is 11.0 Å². The van der Waals surface area contributed by atoms with Crippen LogP contribution in [0.5, 0.6) is 0 Å². The third-order valence-corrected chi connectivity index (χ3v) is 3.55. The summed E-state index contributed by atoms with van der Waals surface area (Å²) in [5.74, 6) is 0.209. The molecule has 0 radical (unpaired) electrons. The van der Waals surface area contributed by atoms with Gasteiger partial charge in [0.05, 0.1) is 16.6 Å². The second kappa shape index (κ2) is 4.63. The molecule has 1 aliphatic carbocycles. The maximum Gasteiger partial charge on any atom is 0.335 e. The molecule has 0 saturated heterocycles. The number of nitrogens with zero attached hydrogens (tertiary/aromatic N) is 2. The van der Waals surface area contributed by atoms with Crippen molar-refractivity contribution in [2.45, 2.75) is 25.3 Å². The Morgan fingerprint density at radius 1 is 1.45 bits per heavy atom. The van der Waals surface area contributed by atoms with Gasteiger partial charge >= 0.3 is 5.97 Å². The van der Waals surface area contributed by atoms with Crippen LogP contribution in [0.4, 0.5) is 0 Å². The molecule has 0 spiro atoms. The lowest BCUT2D eigenvalue weighted by molar-refractivity contribution is -0.121. The average molecular weight is 273 g/mol. The van der Waals surface area contributed by atoms with Crippen molar-refractivity contribution in [3.05, 3.63) is 29.6 Å². The van der Waals surface area contributed by atoms with Gasteiger partial charge in [-0.3, -0.25) is 4.79 Å². The summed E-state index contributed by atoms with van der Waals surface area (Å²) in [6.07, 6.45) is 2.14. The van der Waals surface area contributed by atoms with Gasteiger partial charge in [0.2, 0.25) is 5.91 Å². The van der Waals surface area contributed by atoms with Crippen LogP contribution in [0.3, 0.4) is 0 Å². The van der Waals surface area contributed by atoms with Gasteiger partial charge < -0.3 is 15.0 Å². The second-order valence-corrected chi connectivity index (χ2v) is 5.01. The highest BCUT2D eigenvalue weighted by Gasteiger charge is 2.30. The largest absolute Gasteiger partial charge is 0.478 e. The van der Waals surface area contributed by atoms with Crippen molar-refractivity contribution in [1.29, 1.82) is 0 Å². The Morgan fingerprint density at radius 2 is 2.20 bits per heavy atom. The lowest BCUT2D eigenvalue weighted by atomic mass is 10.2. The van der Waals surface area contributed by atoms with Crippen LogP contribution in [-0.4, -0.2) is 33.6 Å². The first-order valence-electron chi connectivity index (χ1n) is 6.54. The molecule has 0 aliphatic heterocycles. The first-order valence-corrected chi connectivity index (χ1v) is 6.54. The van der Waals surface area contributed by atoms with Gasteiger partial charge in [0.25, 0.3) is 0 Å². The molecule has 1 heterocycles. The minimum Gasteiger partial charge on any atom is -0.478 e. The highest BCUT2D eigenvalue weighted by Crippen LogP contribution is 2.40. The highest BCUT2D eigenvalue weighted by atomic mass is 16.4. The number of nitrogens with one attached hydrogen (secondary N) is 1. The molecule has 1 aromatic carbocycles. The molecule has 0 atom stereocenters. The summed E-state index contributed by atoms with van der Waals surface area (Å²) < 4.78 is 1.89. The number of fused-ring (bicyclic) bond motifs is 1. The van der Waals surface area contributed by atoms with E-state index in [4.69, 9.17) is 5.11 Å². The molecular weight excluding hydrogens is 258 g/mol. The highest BCUT2D eigenvalue weighted by molar-refractivity contribution is 5.92. The summed E-state index contributed by atoms with van der Waals surface area (Å²) in [5, 5.41) is 11.6. The Hall–Kier alpha value is -2.37. The number of hydrogen-bond donors (Lipinski definition) is 2. The van der Waals surface area contributed by atoms with E-state index in [1.165, 1.54) is 0 Å². The number of likely N-dealkylation sites (N-methyl/N-ethyl adjacent to an activating group) is 1. The van der Waals surface area contributed by atoms with E-state index in [0.717, 1.165) is 24.2 Å². The van der Waals surface area contributed by atoms with Gasteiger partial charge in [-0.05, 0) is 31.0 Å². The van der Waals surface area contributed by atoms with Crippen molar-refractivity contribution in [3.63, 3.8) is 0 Å². The summed E-state index contributed by atoms with van der Waals surface area (Å²) in [5.41, 5.74) is 1.65. The fourth-order valence-electron chi connectivity index (χ4n) is 2.32. The summed E-state index contributed by atoms with van der Waals surface area (Å²) >= 11 is 0. The first-order chi connectivity index (χ1) is 9.60. The minimum atomic E-state index is -0.972. The van der Waals surface area contributed by atoms with E-state index in [0.29, 0.717) is 11.4 Å². The van der Waals surface area contributed by atoms with Crippen LogP contribution in [0.1, 0.15) is 34.9 Å². The maximum absolute atomic E-state index is 11.6. The van der Waals surface area contributed by atoms with Gasteiger partial charge in [0, 0.05) is 13.0 Å². The second-order valence-electron chi connectivity index (χ2n) is 5.01. The van der Waals surface area contributed by atoms with Crippen LogP contribution in [0, 0.1) is 0 Å². The molecule has 1 aromatic heterocycles. The van der Waals surface area contributed by atoms with E-state index in [2.05, 4.69) is 10.3 Å². The standard InChI is InChI=1S/C14H15N3O3/c1-15-12(18)7-17-11-5-4-9(14(19)20)6-10(11)16-13(17)8-2-3-8/h4-6,8H,2-3,7H2,1H3,(H,15,18)(H,19,20). The van der Waals surface area contributed by atoms with E-state index < -0.39 is 5.97 Å². The molecule has 1 fully saturated rings. The molecule has 0 bridgehead atoms. The third-order valence-electron chi connectivity index (χ3n) is 3.55. The number of aromatic nitrogens is 2. The zero-order chi connectivity index (χ0) is 14.3. The van der Waals surface area contributed by atoms with Crippen molar-refractivity contribution >= 4 is 22.9 Å². The molecule has 2 aromatic rings. The molecule has 1 amide bonds. The monoisotopic (exact) mass is 273 g/mol. The molecule has 0 unspecified atom stereocenters. The molecular formula is C14H15N3O3. The van der Waals surface area contributed by atoms with Crippen molar-refractivity contribution < 1.29 is 14.7 Å². The van der Waals surface area contributed by atoms with Gasteiger partial charge in [-0.15, -0.1) is 0 Å². The number of amides is 1. The van der Waals surface area contributed by atoms with Crippen LogP contribution in [0.2, 0.25) is 0 Å². The predicted octanol–water partition coefficient (Wildman–Crippen LogP) is 1.36. The van der Waals surface area contributed by atoms with Gasteiger partial charge in [-0.25, -0.2) is 9.78 Å². The van der Waals surface area contributed by atoms with Gasteiger partial charge in [-0.1, -0.05) is 0 Å². The smallest absolute Gasteiger partial charge is 0.335 e. The fraction of sp³-hybridized carbons (Fsp3) is 0.357. The lowest BCUT2D eigenvalue weighted by Gasteiger charge is -2.07. The van der Waals surface area contributed by atoms with E-state index in [-0.39, 0.29) is 18.0 Å². The Kier molecular flexibility index (Phi) is 2.93. The summed E-state index contributed by atoms with van der Waals surface area (Å²) in [6, 6.07) is 4.83. The van der Waals surface area contributed by atoms with E-state index in [1.54, 1.807) is 25.2 Å². The molecule has 104 valence electrons. The Morgan fingerprint density at radius 3 is 2.80 bits per heavy atom. The number of carbonyl (C=O) groups excluding carboxylic acids is 1. The number of hydrogen-bond acceptors (Lipinski definition) is 3. The van der Waals surface area contributed by atoms with Crippen molar-refractivity contribution in [2.75, 3.05) is 7.05 Å². The zero-order valence-corrected chi connectivity index (χ0v) is 11.1. The average Bonchev–Trinajstić information content (AvgIpc) is 3.22. The van der Waals surface area contributed by atoms with Crippen molar-refractivity contribution in [3.8, 4) is 0 Å². The van der Waals surface area contributed by atoms with E-state index in [1.807, 2.05) is 4.57 Å². The van der Waals surface area contributed by atoms with Crippen LogP contribution >= 0.6 is 0 Å². The fourth-order valence-corrected chi connectivity index (χ4v) is 2.32. The molecule has 1 aliphatic rings. The molecule has 6 nitrogen and oxygen atoms in total. The van der Waals surface area contributed by atoms with Gasteiger partial charge in [0.15, 0.2) is 0 Å². The summed E-state index contributed by atoms with van der Waals surface area (Å²) in [6.45, 7) is 0.214. The Labute approximate surface area is 115 Å².